The number of carbonyl (C=O) groups is 2. The minimum absolute atomic E-state index is 0.0347. The topological polar surface area (TPSA) is 78.7 Å². The van der Waals surface area contributed by atoms with Crippen LogP contribution in [0.4, 0.5) is 5.69 Å². The first-order valence-electron chi connectivity index (χ1n) is 6.84. The number of anilines is 1. The number of benzene rings is 1. The van der Waals surface area contributed by atoms with Crippen molar-refractivity contribution in [2.45, 2.75) is 0 Å². The molecule has 0 aliphatic carbocycles. The summed E-state index contributed by atoms with van der Waals surface area (Å²) < 4.78 is 0. The molecular formula is C14H19ClN4O2. The highest BCUT2D eigenvalue weighted by atomic mass is 35.5. The number of rotatable bonds is 4. The number of halogens is 1. The van der Waals surface area contributed by atoms with Gasteiger partial charge in [0, 0.05) is 26.2 Å². The van der Waals surface area contributed by atoms with E-state index in [0.29, 0.717) is 36.9 Å². The molecule has 1 saturated heterocycles. The molecule has 3 N–H and O–H groups in total. The minimum Gasteiger partial charge on any atom is -0.339 e. The zero-order chi connectivity index (χ0) is 15.2. The Morgan fingerprint density at radius 3 is 2.48 bits per heavy atom. The van der Waals surface area contributed by atoms with E-state index in [1.165, 1.54) is 0 Å². The van der Waals surface area contributed by atoms with E-state index < -0.39 is 0 Å². The van der Waals surface area contributed by atoms with Crippen LogP contribution in [0.2, 0.25) is 5.02 Å². The lowest BCUT2D eigenvalue weighted by atomic mass is 10.3. The lowest BCUT2D eigenvalue weighted by molar-refractivity contribution is -0.131. The number of amides is 2. The summed E-state index contributed by atoms with van der Waals surface area (Å²) in [5.41, 5.74) is 5.95. The number of hydrogen-bond donors (Lipinski definition) is 2. The van der Waals surface area contributed by atoms with Crippen molar-refractivity contribution in [1.29, 1.82) is 0 Å². The molecule has 0 unspecified atom stereocenters. The Morgan fingerprint density at radius 2 is 1.86 bits per heavy atom. The van der Waals surface area contributed by atoms with E-state index in [9.17, 15) is 9.59 Å². The van der Waals surface area contributed by atoms with Crippen LogP contribution in [0.15, 0.2) is 24.3 Å². The summed E-state index contributed by atoms with van der Waals surface area (Å²) in [7, 11) is 0. The van der Waals surface area contributed by atoms with E-state index in [-0.39, 0.29) is 24.9 Å². The largest absolute Gasteiger partial charge is 0.339 e. The van der Waals surface area contributed by atoms with Gasteiger partial charge in [0.25, 0.3) is 0 Å². The smallest absolute Gasteiger partial charge is 0.238 e. The van der Waals surface area contributed by atoms with Crippen molar-refractivity contribution in [1.82, 2.24) is 9.80 Å². The number of nitrogens with one attached hydrogen (secondary N) is 1. The molecule has 6 nitrogen and oxygen atoms in total. The molecule has 1 aliphatic rings. The Hall–Kier alpha value is -1.63. The van der Waals surface area contributed by atoms with Crippen molar-refractivity contribution in [3.63, 3.8) is 0 Å². The van der Waals surface area contributed by atoms with Gasteiger partial charge in [-0.3, -0.25) is 14.5 Å². The van der Waals surface area contributed by atoms with E-state index in [0.717, 1.165) is 0 Å². The van der Waals surface area contributed by atoms with Crippen molar-refractivity contribution in [3.05, 3.63) is 29.3 Å². The monoisotopic (exact) mass is 310 g/mol. The third-order valence-electron chi connectivity index (χ3n) is 3.41. The van der Waals surface area contributed by atoms with Crippen LogP contribution in [0.25, 0.3) is 0 Å². The van der Waals surface area contributed by atoms with Crippen LogP contribution < -0.4 is 11.1 Å². The average Bonchev–Trinajstić information content (AvgIpc) is 2.49. The van der Waals surface area contributed by atoms with Crippen LogP contribution in [-0.4, -0.2) is 60.9 Å². The van der Waals surface area contributed by atoms with Crippen molar-refractivity contribution < 1.29 is 9.59 Å². The third kappa shape index (κ3) is 4.42. The fourth-order valence-corrected chi connectivity index (χ4v) is 2.42. The second kappa shape index (κ2) is 7.40. The van der Waals surface area contributed by atoms with E-state index in [4.69, 9.17) is 17.3 Å². The summed E-state index contributed by atoms with van der Waals surface area (Å²) in [4.78, 5) is 27.2. The second-order valence-electron chi connectivity index (χ2n) is 4.89. The lowest BCUT2D eigenvalue weighted by Crippen LogP contribution is -2.51. The predicted molar refractivity (Wildman–Crippen MR) is 82.2 cm³/mol. The van der Waals surface area contributed by atoms with Gasteiger partial charge in [0.2, 0.25) is 11.8 Å². The maximum Gasteiger partial charge on any atom is 0.238 e. The van der Waals surface area contributed by atoms with Crippen LogP contribution in [0, 0.1) is 0 Å². The summed E-state index contributed by atoms with van der Waals surface area (Å²) >= 11 is 6.00. The fraction of sp³-hybridized carbons (Fsp3) is 0.429. The van der Waals surface area contributed by atoms with Crippen LogP contribution in [-0.2, 0) is 9.59 Å². The Labute approximate surface area is 128 Å². The lowest BCUT2D eigenvalue weighted by Gasteiger charge is -2.34. The molecule has 1 fully saturated rings. The van der Waals surface area contributed by atoms with Gasteiger partial charge < -0.3 is 16.0 Å². The van der Waals surface area contributed by atoms with Crippen LogP contribution in [0.3, 0.4) is 0 Å². The maximum absolute atomic E-state index is 12.0. The van der Waals surface area contributed by atoms with Gasteiger partial charge in [-0.25, -0.2) is 0 Å². The van der Waals surface area contributed by atoms with Gasteiger partial charge >= 0.3 is 0 Å². The van der Waals surface area contributed by atoms with Crippen molar-refractivity contribution >= 4 is 29.1 Å². The number of para-hydroxylation sites is 1. The van der Waals surface area contributed by atoms with Crippen LogP contribution in [0.5, 0.6) is 0 Å². The Morgan fingerprint density at radius 1 is 1.19 bits per heavy atom. The molecule has 114 valence electrons. The summed E-state index contributed by atoms with van der Waals surface area (Å²) in [5.74, 6) is -0.156. The number of nitrogens with two attached hydrogens (primary N) is 1. The molecule has 1 aliphatic heterocycles. The molecule has 1 heterocycles. The molecule has 0 radical (unpaired) electrons. The third-order valence-corrected chi connectivity index (χ3v) is 3.74. The SMILES string of the molecule is NCC(=O)N1CCN(CC(=O)Nc2ccccc2Cl)CC1. The quantitative estimate of drug-likeness (QED) is 0.843. The van der Waals surface area contributed by atoms with Crippen LogP contribution >= 0.6 is 11.6 Å². The van der Waals surface area contributed by atoms with E-state index in [1.54, 1.807) is 17.0 Å². The molecule has 2 rings (SSSR count). The zero-order valence-electron chi connectivity index (χ0n) is 11.7. The van der Waals surface area contributed by atoms with E-state index >= 15 is 0 Å². The van der Waals surface area contributed by atoms with E-state index in [1.807, 2.05) is 17.0 Å². The van der Waals surface area contributed by atoms with E-state index in [2.05, 4.69) is 5.32 Å². The summed E-state index contributed by atoms with van der Waals surface area (Å²) in [6.07, 6.45) is 0. The summed E-state index contributed by atoms with van der Waals surface area (Å²) in [6, 6.07) is 7.12. The molecule has 0 bridgehead atoms. The van der Waals surface area contributed by atoms with Crippen molar-refractivity contribution in [2.24, 2.45) is 5.73 Å². The standard InChI is InChI=1S/C14H19ClN4O2/c15-11-3-1-2-4-12(11)17-13(20)10-18-5-7-19(8-6-18)14(21)9-16/h1-4H,5-10,16H2,(H,17,20). The molecule has 21 heavy (non-hydrogen) atoms. The van der Waals surface area contributed by atoms with Crippen molar-refractivity contribution in [3.8, 4) is 0 Å². The Kier molecular flexibility index (Phi) is 5.55. The number of hydrogen-bond acceptors (Lipinski definition) is 4. The first kappa shape index (κ1) is 15.8. The fourth-order valence-electron chi connectivity index (χ4n) is 2.24. The molecule has 0 saturated carbocycles. The first-order chi connectivity index (χ1) is 10.1. The van der Waals surface area contributed by atoms with Crippen LogP contribution in [0.1, 0.15) is 0 Å². The van der Waals surface area contributed by atoms with Gasteiger partial charge in [-0.2, -0.15) is 0 Å². The first-order valence-corrected chi connectivity index (χ1v) is 7.22. The normalized spacial score (nSPS) is 15.8. The number of piperazine rings is 1. The Balaban J connectivity index is 1.80. The average molecular weight is 311 g/mol. The molecule has 0 aromatic heterocycles. The highest BCUT2D eigenvalue weighted by molar-refractivity contribution is 6.33. The Bertz CT molecular complexity index is 515. The minimum atomic E-state index is -0.110. The van der Waals surface area contributed by atoms with Gasteiger partial charge in [0.15, 0.2) is 0 Å². The van der Waals surface area contributed by atoms with Crippen molar-refractivity contribution in [2.75, 3.05) is 44.6 Å². The molecule has 1 aromatic carbocycles. The van der Waals surface area contributed by atoms with Gasteiger partial charge in [0.05, 0.1) is 23.8 Å². The second-order valence-corrected chi connectivity index (χ2v) is 5.30. The molecule has 0 atom stereocenters. The maximum atomic E-state index is 12.0. The molecular weight excluding hydrogens is 292 g/mol. The molecule has 1 aromatic rings. The van der Waals surface area contributed by atoms with Gasteiger partial charge in [-0.15, -0.1) is 0 Å². The van der Waals surface area contributed by atoms with Gasteiger partial charge in [-0.05, 0) is 12.1 Å². The van der Waals surface area contributed by atoms with Gasteiger partial charge in [-0.1, -0.05) is 23.7 Å². The number of carbonyl (C=O) groups excluding carboxylic acids is 2. The highest BCUT2D eigenvalue weighted by Gasteiger charge is 2.21. The zero-order valence-corrected chi connectivity index (χ0v) is 12.5. The number of nitrogens with zero attached hydrogens (tertiary/aromatic N) is 2. The van der Waals surface area contributed by atoms with Gasteiger partial charge in [0.1, 0.15) is 0 Å². The predicted octanol–water partition coefficient (Wildman–Crippen LogP) is 0.381. The highest BCUT2D eigenvalue weighted by Crippen LogP contribution is 2.20. The molecule has 2 amide bonds. The molecule has 7 heteroatoms. The molecule has 0 spiro atoms. The summed E-state index contributed by atoms with van der Waals surface area (Å²) in [5, 5.41) is 3.31. The summed E-state index contributed by atoms with van der Waals surface area (Å²) in [6.45, 7) is 2.87.